The van der Waals surface area contributed by atoms with E-state index in [2.05, 4.69) is 46.1 Å². The van der Waals surface area contributed by atoms with Gasteiger partial charge in [-0.2, -0.15) is 11.8 Å². The molecule has 0 fully saturated rings. The van der Waals surface area contributed by atoms with Gasteiger partial charge < -0.3 is 10.2 Å². The quantitative estimate of drug-likeness (QED) is 0.641. The third kappa shape index (κ3) is 3.88. The van der Waals surface area contributed by atoms with E-state index in [9.17, 15) is 0 Å². The first-order chi connectivity index (χ1) is 11.7. The molecule has 0 unspecified atom stereocenters. The van der Waals surface area contributed by atoms with E-state index in [-0.39, 0.29) is 0 Å². The molecule has 0 aliphatic heterocycles. The maximum absolute atomic E-state index is 4.80. The molecule has 1 N–H and O–H groups in total. The van der Waals surface area contributed by atoms with Crippen molar-refractivity contribution < 1.29 is 0 Å². The first-order valence-electron chi connectivity index (χ1n) is 7.90. The van der Waals surface area contributed by atoms with Gasteiger partial charge in [-0.3, -0.25) is 0 Å². The number of thiophene rings is 1. The van der Waals surface area contributed by atoms with E-state index >= 15 is 0 Å². The van der Waals surface area contributed by atoms with Crippen LogP contribution in [0.5, 0.6) is 0 Å². The van der Waals surface area contributed by atoms with Crippen LogP contribution in [0.15, 0.2) is 35.7 Å². The van der Waals surface area contributed by atoms with E-state index in [0.717, 1.165) is 40.7 Å². The molecule has 0 atom stereocenters. The van der Waals surface area contributed by atoms with Gasteiger partial charge in [0.05, 0.1) is 11.9 Å². The first kappa shape index (κ1) is 17.2. The summed E-state index contributed by atoms with van der Waals surface area (Å²) in [4.78, 5) is 12.7. The molecule has 0 aliphatic carbocycles. The number of anilines is 1. The van der Waals surface area contributed by atoms with Crippen molar-refractivity contribution in [1.82, 2.24) is 14.9 Å². The summed E-state index contributed by atoms with van der Waals surface area (Å²) in [5, 5.41) is 6.84. The predicted molar refractivity (Wildman–Crippen MR) is 107 cm³/mol. The van der Waals surface area contributed by atoms with Gasteiger partial charge in [-0.05, 0) is 25.9 Å². The lowest BCUT2D eigenvalue weighted by Gasteiger charge is -2.12. The van der Waals surface area contributed by atoms with Gasteiger partial charge >= 0.3 is 0 Å². The van der Waals surface area contributed by atoms with Crippen LogP contribution in [0, 0.1) is 0 Å². The van der Waals surface area contributed by atoms with Crippen LogP contribution in [0.25, 0.3) is 21.3 Å². The number of benzene rings is 1. The molecular weight excluding hydrogens is 336 g/mol. The number of hydrogen-bond donors (Lipinski definition) is 1. The second-order valence-electron chi connectivity index (χ2n) is 5.84. The first-order valence-corrected chi connectivity index (χ1v) is 10.2. The highest BCUT2D eigenvalue weighted by atomic mass is 32.2. The lowest BCUT2D eigenvalue weighted by atomic mass is 10.1. The number of nitrogens with one attached hydrogen (secondary N) is 1. The van der Waals surface area contributed by atoms with Gasteiger partial charge in [0, 0.05) is 23.2 Å². The minimum absolute atomic E-state index is 0.742. The average Bonchev–Trinajstić information content (AvgIpc) is 2.99. The van der Waals surface area contributed by atoms with Gasteiger partial charge in [0.2, 0.25) is 0 Å². The molecule has 1 aromatic carbocycles. The average molecular weight is 359 g/mol. The Hall–Kier alpha value is -1.63. The molecule has 0 bridgehead atoms. The molecule has 4 nitrogen and oxygen atoms in total. The van der Waals surface area contributed by atoms with Gasteiger partial charge in [-0.15, -0.1) is 11.3 Å². The molecule has 24 heavy (non-hydrogen) atoms. The molecule has 0 radical (unpaired) electrons. The Labute approximate surface area is 151 Å². The molecule has 0 amide bonds. The number of hydrogen-bond acceptors (Lipinski definition) is 6. The van der Waals surface area contributed by atoms with Crippen LogP contribution in [0.2, 0.25) is 0 Å². The van der Waals surface area contributed by atoms with Crippen LogP contribution in [0.1, 0.15) is 5.82 Å². The molecule has 0 saturated heterocycles. The summed E-state index contributed by atoms with van der Waals surface area (Å²) < 4.78 is 0. The van der Waals surface area contributed by atoms with Gasteiger partial charge in [-0.25, -0.2) is 9.97 Å². The number of aromatic nitrogens is 2. The van der Waals surface area contributed by atoms with Crippen LogP contribution in [-0.4, -0.2) is 47.5 Å². The Kier molecular flexibility index (Phi) is 5.71. The highest BCUT2D eigenvalue weighted by Crippen LogP contribution is 2.36. The van der Waals surface area contributed by atoms with Crippen LogP contribution >= 0.6 is 23.1 Å². The summed E-state index contributed by atoms with van der Waals surface area (Å²) in [5.41, 5.74) is 2.42. The number of thioether (sulfide) groups is 1. The van der Waals surface area contributed by atoms with Crippen LogP contribution in [0.4, 0.5) is 5.82 Å². The van der Waals surface area contributed by atoms with Gasteiger partial charge in [0.1, 0.15) is 16.5 Å². The van der Waals surface area contributed by atoms with Crippen molar-refractivity contribution in [2.45, 2.75) is 6.54 Å². The molecule has 3 aromatic rings. The van der Waals surface area contributed by atoms with Crippen molar-refractivity contribution in [3.05, 3.63) is 41.5 Å². The fraction of sp³-hybridized carbons (Fsp3) is 0.333. The Morgan fingerprint density at radius 1 is 1.17 bits per heavy atom. The number of rotatable bonds is 7. The highest BCUT2D eigenvalue weighted by molar-refractivity contribution is 7.98. The zero-order valence-corrected chi connectivity index (χ0v) is 15.9. The summed E-state index contributed by atoms with van der Waals surface area (Å²) >= 11 is 3.52. The molecule has 126 valence electrons. The van der Waals surface area contributed by atoms with E-state index in [0.29, 0.717) is 0 Å². The number of fused-ring (bicyclic) bond motifs is 1. The monoisotopic (exact) mass is 358 g/mol. The minimum atomic E-state index is 0.742. The zero-order chi connectivity index (χ0) is 16.9. The lowest BCUT2D eigenvalue weighted by molar-refractivity contribution is 0.391. The van der Waals surface area contributed by atoms with Gasteiger partial charge in [-0.1, -0.05) is 30.3 Å². The van der Waals surface area contributed by atoms with Gasteiger partial charge in [0.25, 0.3) is 0 Å². The van der Waals surface area contributed by atoms with Crippen molar-refractivity contribution in [2.24, 2.45) is 0 Å². The fourth-order valence-corrected chi connectivity index (χ4v) is 3.84. The van der Waals surface area contributed by atoms with Crippen molar-refractivity contribution in [1.29, 1.82) is 0 Å². The molecule has 2 aromatic heterocycles. The highest BCUT2D eigenvalue weighted by Gasteiger charge is 2.15. The Balaban J connectivity index is 2.08. The topological polar surface area (TPSA) is 41.1 Å². The summed E-state index contributed by atoms with van der Waals surface area (Å²) in [7, 11) is 4.08. The van der Waals surface area contributed by atoms with E-state index in [1.54, 1.807) is 11.3 Å². The molecule has 6 heteroatoms. The second kappa shape index (κ2) is 7.96. The molecule has 3 rings (SSSR count). The van der Waals surface area contributed by atoms with E-state index in [1.807, 2.05) is 31.9 Å². The van der Waals surface area contributed by atoms with Crippen LogP contribution in [0.3, 0.4) is 0 Å². The third-order valence-electron chi connectivity index (χ3n) is 3.62. The normalized spacial score (nSPS) is 11.3. The maximum Gasteiger partial charge on any atom is 0.146 e. The minimum Gasteiger partial charge on any atom is -0.369 e. The van der Waals surface area contributed by atoms with E-state index < -0.39 is 0 Å². The molecular formula is C18H22N4S2. The maximum atomic E-state index is 4.80. The molecule has 0 aliphatic rings. The van der Waals surface area contributed by atoms with E-state index in [1.165, 1.54) is 11.1 Å². The van der Waals surface area contributed by atoms with Crippen molar-refractivity contribution in [2.75, 3.05) is 38.0 Å². The summed E-state index contributed by atoms with van der Waals surface area (Å²) in [6.07, 6.45) is 2.12. The van der Waals surface area contributed by atoms with Gasteiger partial charge in [0.15, 0.2) is 0 Å². The lowest BCUT2D eigenvalue weighted by Crippen LogP contribution is -2.15. The predicted octanol–water partition coefficient (Wildman–Crippen LogP) is 4.19. The van der Waals surface area contributed by atoms with Crippen LogP contribution in [-0.2, 0) is 6.54 Å². The standard InChI is InChI=1S/C18H22N4S2/c1-22(2)11-15-20-17(19-9-10-23-3)16-14(12-24-18(16)21-15)13-7-5-4-6-8-13/h4-8,12H,9-11H2,1-3H3,(H,19,20,21). The SMILES string of the molecule is CSCCNc1nc(CN(C)C)nc2scc(-c3ccccc3)c12. The summed E-state index contributed by atoms with van der Waals surface area (Å²) in [6, 6.07) is 10.5. The van der Waals surface area contributed by atoms with Crippen molar-refractivity contribution in [3.63, 3.8) is 0 Å². The van der Waals surface area contributed by atoms with Crippen LogP contribution < -0.4 is 5.32 Å². The Bertz CT molecular complexity index is 799. The Morgan fingerprint density at radius 3 is 2.67 bits per heavy atom. The molecule has 0 spiro atoms. The largest absolute Gasteiger partial charge is 0.369 e. The molecule has 0 saturated carbocycles. The fourth-order valence-electron chi connectivity index (χ4n) is 2.57. The zero-order valence-electron chi connectivity index (χ0n) is 14.2. The molecule has 2 heterocycles. The van der Waals surface area contributed by atoms with Crippen molar-refractivity contribution >= 4 is 39.1 Å². The Morgan fingerprint density at radius 2 is 1.96 bits per heavy atom. The summed E-state index contributed by atoms with van der Waals surface area (Å²) in [5.74, 6) is 2.87. The number of nitrogens with zero attached hydrogens (tertiary/aromatic N) is 3. The van der Waals surface area contributed by atoms with E-state index in [4.69, 9.17) is 9.97 Å². The smallest absolute Gasteiger partial charge is 0.146 e. The van der Waals surface area contributed by atoms with Crippen molar-refractivity contribution in [3.8, 4) is 11.1 Å². The summed E-state index contributed by atoms with van der Waals surface area (Å²) in [6.45, 7) is 1.64. The second-order valence-corrected chi connectivity index (χ2v) is 7.69. The third-order valence-corrected chi connectivity index (χ3v) is 5.11.